The summed E-state index contributed by atoms with van der Waals surface area (Å²) in [6, 6.07) is 0. The van der Waals surface area contributed by atoms with Crippen molar-refractivity contribution in [1.29, 1.82) is 0 Å². The van der Waals surface area contributed by atoms with Crippen molar-refractivity contribution in [2.45, 2.75) is 26.7 Å². The third-order valence-electron chi connectivity index (χ3n) is 0.447. The van der Waals surface area contributed by atoms with E-state index in [1.54, 1.807) is 0 Å². The van der Waals surface area contributed by atoms with Gasteiger partial charge in [0.15, 0.2) is 0 Å². The van der Waals surface area contributed by atoms with Gasteiger partial charge in [-0.2, -0.15) is 23.6 Å². The van der Waals surface area contributed by atoms with E-state index in [0.29, 0.717) is 13.2 Å². The van der Waals surface area contributed by atoms with Crippen molar-refractivity contribution in [3.63, 3.8) is 0 Å². The van der Waals surface area contributed by atoms with Gasteiger partial charge in [0.2, 0.25) is 0 Å². The Morgan fingerprint density at radius 1 is 0.667 bits per heavy atom. The van der Waals surface area contributed by atoms with E-state index in [9.17, 15) is 0 Å². The summed E-state index contributed by atoms with van der Waals surface area (Å²) < 4.78 is 0. The fourth-order valence-electron chi connectivity index (χ4n) is 0. The van der Waals surface area contributed by atoms with Crippen molar-refractivity contribution in [3.05, 3.63) is 0 Å². The van der Waals surface area contributed by atoms with Crippen LogP contribution in [0.4, 0.5) is 0 Å². The Morgan fingerprint density at radius 2 is 0.714 bits per heavy atom. The summed E-state index contributed by atoms with van der Waals surface area (Å²) in [5, 5.41) is 15.8. The number of aliphatic hydroxyl groups is 2. The van der Waals surface area contributed by atoms with Crippen LogP contribution >= 0.6 is 13.4 Å². The summed E-state index contributed by atoms with van der Waals surface area (Å²) in [4.78, 5) is 53.5. The summed E-state index contributed by atoms with van der Waals surface area (Å²) in [6.07, 6.45) is 1.75. The van der Waals surface area contributed by atoms with Crippen LogP contribution in [0, 0.1) is 0 Å². The van der Waals surface area contributed by atoms with Gasteiger partial charge in [0.1, 0.15) is 0 Å². The Hall–Kier alpha value is 2.85. The first kappa shape index (κ1) is 43.9. The first-order valence-corrected chi connectivity index (χ1v) is 9.62. The van der Waals surface area contributed by atoms with Crippen LogP contribution in [-0.2, 0) is 82.0 Å². The zero-order chi connectivity index (χ0) is 15.8. The zero-order valence-electron chi connectivity index (χ0n) is 12.0. The van der Waals surface area contributed by atoms with Gasteiger partial charge in [-0.15, -0.1) is 0 Å². The van der Waals surface area contributed by atoms with Gasteiger partial charge in [-0.3, -0.25) is 0 Å². The third-order valence-corrected chi connectivity index (χ3v) is 0.447. The molecule has 21 heavy (non-hydrogen) atoms. The molecule has 0 fully saturated rings. The van der Waals surface area contributed by atoms with Gasteiger partial charge < -0.3 is 53.0 Å². The Morgan fingerprint density at radius 3 is 0.714 bits per heavy atom. The predicted octanol–water partition coefficient (Wildman–Crippen LogP) is -4.65. The molecule has 0 radical (unpaired) electrons. The molecule has 0 amide bonds. The third kappa shape index (κ3) is 422. The average Bonchev–Trinajstić information content (AvgIpc) is 2.12. The molecule has 0 spiro atoms. The molecule has 0 aromatic carbocycles. The van der Waals surface area contributed by atoms with E-state index in [1.165, 1.54) is 0 Å². The van der Waals surface area contributed by atoms with Crippen LogP contribution in [0.5, 0.6) is 0 Å². The van der Waals surface area contributed by atoms with Crippen molar-refractivity contribution < 1.29 is 98.0 Å². The Kier molecular flexibility index (Phi) is 64.1. The van der Waals surface area contributed by atoms with Gasteiger partial charge >= 0.3 is 58.4 Å². The predicted molar refractivity (Wildman–Crippen MR) is 63.3 cm³/mol. The van der Waals surface area contributed by atoms with Crippen LogP contribution in [0.1, 0.15) is 26.7 Å². The number of hydrogen-bond donors (Lipinski definition) is 2. The first-order chi connectivity index (χ1) is 7.83. The summed E-state index contributed by atoms with van der Waals surface area (Å²) in [5.41, 5.74) is 0. The smallest absolute Gasteiger partial charge is 0.844 e. The van der Waals surface area contributed by atoms with Crippen LogP contribution < -0.4 is 29.4 Å². The van der Waals surface area contributed by atoms with Crippen molar-refractivity contribution >= 4 is 37.1 Å². The van der Waals surface area contributed by atoms with Gasteiger partial charge in [0.05, 0.1) is 0 Å². The zero-order valence-corrected chi connectivity index (χ0v) is 24.3. The summed E-state index contributed by atoms with van der Waals surface area (Å²) >= 11 is 6.54. The quantitative estimate of drug-likeness (QED) is 0.257. The fourth-order valence-corrected chi connectivity index (χ4v) is 0. The van der Waals surface area contributed by atoms with Crippen LogP contribution in [0.25, 0.3) is 0 Å². The van der Waals surface area contributed by atoms with Crippen LogP contribution in [0.15, 0.2) is 0 Å². The van der Waals surface area contributed by atoms with E-state index in [4.69, 9.17) is 39.6 Å². The van der Waals surface area contributed by atoms with E-state index in [1.807, 2.05) is 13.8 Å². The molecule has 8 nitrogen and oxygen atoms in total. The second kappa shape index (κ2) is 30.7. The van der Waals surface area contributed by atoms with E-state index < -0.39 is 13.4 Å². The second-order valence-electron chi connectivity index (χ2n) is 2.34. The fraction of sp³-hybridized carbons (Fsp3) is 1.00. The van der Waals surface area contributed by atoms with Crippen LogP contribution in [0.2, 0.25) is 0 Å². The van der Waals surface area contributed by atoms with Gasteiger partial charge in [-0.25, -0.2) is 0 Å². The topological polar surface area (TPSA) is 179 Å². The molecule has 0 aromatic rings. The molecule has 0 saturated carbocycles. The molecule has 0 aliphatic carbocycles. The van der Waals surface area contributed by atoms with E-state index in [0.717, 1.165) is 12.8 Å². The molecular formula is C6H16O8P2S2Zn3. The summed E-state index contributed by atoms with van der Waals surface area (Å²) in [7, 11) is 0. The minimum absolute atomic E-state index is 0. The molecule has 0 rings (SSSR count). The van der Waals surface area contributed by atoms with Gasteiger partial charge in [0.25, 0.3) is 0 Å². The minimum Gasteiger partial charge on any atom is -0.844 e. The first-order valence-electron chi connectivity index (χ1n) is 4.51. The number of hydrogen-bond acceptors (Lipinski definition) is 10. The van der Waals surface area contributed by atoms with Gasteiger partial charge in [0, 0.05) is 13.2 Å². The number of aliphatic hydroxyl groups excluding tert-OH is 2. The Bertz CT molecular complexity index is 196. The average molecular weight is 538 g/mol. The largest absolute Gasteiger partial charge is 2.00 e. The second-order valence-corrected chi connectivity index (χ2v) is 6.81. The van der Waals surface area contributed by atoms with Crippen molar-refractivity contribution in [2.75, 3.05) is 13.2 Å². The molecule has 15 heteroatoms. The van der Waals surface area contributed by atoms with Gasteiger partial charge in [-0.1, -0.05) is 13.8 Å². The van der Waals surface area contributed by atoms with Crippen LogP contribution in [-0.4, -0.2) is 23.4 Å². The van der Waals surface area contributed by atoms with Crippen LogP contribution in [0.3, 0.4) is 0 Å². The maximum Gasteiger partial charge on any atom is 2.00 e. The van der Waals surface area contributed by atoms with Crippen molar-refractivity contribution in [3.8, 4) is 0 Å². The minimum atomic E-state index is -4.56. The Labute approximate surface area is 173 Å². The SMILES string of the molecule is CCCO.CCCO.[O-]P([O-])([O-])=S.[O-]P([O-])([O-])=S.[Zn+2].[Zn+2].[Zn+2]. The molecule has 0 bridgehead atoms. The summed E-state index contributed by atoms with van der Waals surface area (Å²) in [5.74, 6) is 0. The molecule has 0 saturated heterocycles. The maximum atomic E-state index is 8.92. The van der Waals surface area contributed by atoms with E-state index in [-0.39, 0.29) is 58.4 Å². The Balaban J connectivity index is -0.0000000239. The monoisotopic (exact) mass is 534 g/mol. The molecule has 0 aliphatic heterocycles. The van der Waals surface area contributed by atoms with Gasteiger partial charge in [-0.05, 0) is 12.8 Å². The maximum absolute atomic E-state index is 8.92. The molecule has 0 atom stereocenters. The molecule has 116 valence electrons. The standard InChI is InChI=1S/2C3H8O.2H3O3PS.3Zn/c2*1-2-3-4;2*1-4(2,3)5;;;/h2*4H,2-3H2,1H3;2*(H3,1,2,3,5);;;/q;;;;3*+2/p-6. The molecule has 0 aliphatic rings. The molecule has 0 aromatic heterocycles. The molecular weight excluding hydrogens is 522 g/mol. The summed E-state index contributed by atoms with van der Waals surface area (Å²) in [6.45, 7) is -4.61. The normalized spacial score (nSPS) is 8.48. The number of rotatable bonds is 2. The molecule has 2 N–H and O–H groups in total. The van der Waals surface area contributed by atoms with Crippen molar-refractivity contribution in [1.82, 2.24) is 0 Å². The molecule has 0 unspecified atom stereocenters. The molecule has 0 heterocycles. The van der Waals surface area contributed by atoms with E-state index in [2.05, 4.69) is 23.6 Å². The van der Waals surface area contributed by atoms with Crippen molar-refractivity contribution in [2.24, 2.45) is 0 Å². The van der Waals surface area contributed by atoms with E-state index >= 15 is 0 Å².